The first-order valence-electron chi connectivity index (χ1n) is 4.25. The van der Waals surface area contributed by atoms with E-state index in [-0.39, 0.29) is 0 Å². The molecule has 14 heavy (non-hydrogen) atoms. The molecule has 0 N–H and O–H groups in total. The summed E-state index contributed by atoms with van der Waals surface area (Å²) in [7, 11) is -4.67. The molecule has 1 fully saturated rings. The predicted octanol–water partition coefficient (Wildman–Crippen LogP) is 0.635. The summed E-state index contributed by atoms with van der Waals surface area (Å²) in [5, 5.41) is 0. The lowest BCUT2D eigenvalue weighted by atomic mass is 11.8. The van der Waals surface area contributed by atoms with Gasteiger partial charge in [0.1, 0.15) is 0 Å². The summed E-state index contributed by atoms with van der Waals surface area (Å²) in [5.74, 6) is 0. The maximum atomic E-state index is 5.71. The summed E-state index contributed by atoms with van der Waals surface area (Å²) >= 11 is 0. The normalized spacial score (nSPS) is 27.2. The zero-order chi connectivity index (χ0) is 10.8. The van der Waals surface area contributed by atoms with Crippen LogP contribution in [0.2, 0.25) is 26.2 Å². The summed E-state index contributed by atoms with van der Waals surface area (Å²) in [5.41, 5.74) is 0. The Balaban J connectivity index is 2.65. The van der Waals surface area contributed by atoms with Crippen molar-refractivity contribution in [3.8, 4) is 0 Å². The van der Waals surface area contributed by atoms with Crippen LogP contribution in [0.5, 0.6) is 0 Å². The minimum Gasteiger partial charge on any atom is -0.414 e. The quantitative estimate of drug-likeness (QED) is 0.652. The molecule has 0 aromatic heterocycles. The summed E-state index contributed by atoms with van der Waals surface area (Å²) in [6, 6.07) is 0. The molecule has 1 heterocycles. The highest BCUT2D eigenvalue weighted by atomic mass is 28.5. The first-order chi connectivity index (χ1) is 6.45. The fourth-order valence-electron chi connectivity index (χ4n) is 1.09. The van der Waals surface area contributed by atoms with Crippen LogP contribution in [-0.2, 0) is 20.9 Å². The molecule has 1 aliphatic heterocycles. The van der Waals surface area contributed by atoms with Crippen molar-refractivity contribution in [2.45, 2.75) is 26.2 Å². The van der Waals surface area contributed by atoms with Crippen molar-refractivity contribution in [3.63, 3.8) is 0 Å². The first kappa shape index (κ1) is 12.7. The lowest BCUT2D eigenvalue weighted by Gasteiger charge is -2.33. The molecule has 0 saturated carbocycles. The molecular formula is C5H15O5Si4. The van der Waals surface area contributed by atoms with Gasteiger partial charge in [0.2, 0.25) is 0 Å². The summed E-state index contributed by atoms with van der Waals surface area (Å²) in [6.45, 7) is 7.69. The smallest absolute Gasteiger partial charge is 0.414 e. The molecule has 0 spiro atoms. The van der Waals surface area contributed by atoms with E-state index in [1.54, 1.807) is 7.11 Å². The Hall–Kier alpha value is 0.668. The Bertz CT molecular complexity index is 179. The molecule has 81 valence electrons. The third-order valence-electron chi connectivity index (χ3n) is 1.60. The SMILES string of the molecule is CO[Si]1(C)O[Si](C)O[Si](C)O[Si](C)O1. The van der Waals surface area contributed by atoms with Gasteiger partial charge in [-0.1, -0.05) is 0 Å². The third-order valence-corrected chi connectivity index (χ3v) is 12.2. The Morgan fingerprint density at radius 2 is 1.36 bits per heavy atom. The van der Waals surface area contributed by atoms with Gasteiger partial charge in [-0.2, -0.15) is 0 Å². The van der Waals surface area contributed by atoms with Crippen molar-refractivity contribution in [1.82, 2.24) is 0 Å². The van der Waals surface area contributed by atoms with Crippen molar-refractivity contribution < 1.29 is 20.9 Å². The fourth-order valence-corrected chi connectivity index (χ4v) is 11.3. The highest BCUT2D eigenvalue weighted by molar-refractivity contribution is 6.77. The van der Waals surface area contributed by atoms with E-state index in [0.29, 0.717) is 0 Å². The van der Waals surface area contributed by atoms with Gasteiger partial charge in [-0.25, -0.2) is 0 Å². The van der Waals surface area contributed by atoms with E-state index >= 15 is 0 Å². The lowest BCUT2D eigenvalue weighted by Crippen LogP contribution is -2.54. The Labute approximate surface area is 91.2 Å². The summed E-state index contributed by atoms with van der Waals surface area (Å²) < 4.78 is 28.0. The largest absolute Gasteiger partial charge is 0.479 e. The zero-order valence-corrected chi connectivity index (χ0v) is 13.0. The molecule has 9 heteroatoms. The van der Waals surface area contributed by atoms with Crippen LogP contribution >= 0.6 is 0 Å². The van der Waals surface area contributed by atoms with E-state index in [1.165, 1.54) is 0 Å². The van der Waals surface area contributed by atoms with Crippen LogP contribution in [0.15, 0.2) is 0 Å². The first-order valence-corrected chi connectivity index (χ1v) is 11.9. The molecule has 0 aliphatic carbocycles. The van der Waals surface area contributed by atoms with Gasteiger partial charge in [-0.15, -0.1) is 0 Å². The molecule has 0 amide bonds. The van der Waals surface area contributed by atoms with Crippen molar-refractivity contribution in [3.05, 3.63) is 0 Å². The zero-order valence-electron chi connectivity index (χ0n) is 9.04. The third kappa shape index (κ3) is 3.67. The van der Waals surface area contributed by atoms with Gasteiger partial charge in [0.25, 0.3) is 0 Å². The molecule has 0 aromatic carbocycles. The Morgan fingerprint density at radius 1 is 0.929 bits per heavy atom. The van der Waals surface area contributed by atoms with E-state index in [0.717, 1.165) is 0 Å². The minimum atomic E-state index is -2.49. The Kier molecular flexibility index (Phi) is 4.67. The molecular weight excluding hydrogens is 252 g/mol. The van der Waals surface area contributed by atoms with Crippen molar-refractivity contribution in [2.75, 3.05) is 7.11 Å². The maximum absolute atomic E-state index is 5.71. The predicted molar refractivity (Wildman–Crippen MR) is 57.8 cm³/mol. The molecule has 0 unspecified atom stereocenters. The summed E-state index contributed by atoms with van der Waals surface area (Å²) in [6.07, 6.45) is 0. The van der Waals surface area contributed by atoms with Gasteiger partial charge in [0.15, 0.2) is 0 Å². The van der Waals surface area contributed by atoms with E-state index in [9.17, 15) is 0 Å². The van der Waals surface area contributed by atoms with E-state index in [1.807, 2.05) is 26.2 Å². The monoisotopic (exact) mass is 267 g/mol. The van der Waals surface area contributed by atoms with Crippen LogP contribution in [0.1, 0.15) is 0 Å². The number of rotatable bonds is 1. The maximum Gasteiger partial charge on any atom is 0.479 e. The molecule has 1 saturated heterocycles. The van der Waals surface area contributed by atoms with E-state index in [4.69, 9.17) is 20.9 Å². The van der Waals surface area contributed by atoms with Crippen LogP contribution < -0.4 is 0 Å². The second kappa shape index (κ2) is 5.13. The molecule has 3 radical (unpaired) electrons. The second-order valence-corrected chi connectivity index (χ2v) is 11.3. The molecule has 1 aliphatic rings. The molecule has 5 nitrogen and oxygen atoms in total. The van der Waals surface area contributed by atoms with E-state index < -0.39 is 36.7 Å². The summed E-state index contributed by atoms with van der Waals surface area (Å²) in [4.78, 5) is 0. The van der Waals surface area contributed by atoms with Crippen LogP contribution in [0.3, 0.4) is 0 Å². The number of hydrogen-bond donors (Lipinski definition) is 0. The highest BCUT2D eigenvalue weighted by Gasteiger charge is 2.42. The van der Waals surface area contributed by atoms with Crippen molar-refractivity contribution >= 4 is 36.7 Å². The van der Waals surface area contributed by atoms with Crippen LogP contribution in [-0.4, -0.2) is 43.8 Å². The van der Waals surface area contributed by atoms with Crippen molar-refractivity contribution in [2.24, 2.45) is 0 Å². The topological polar surface area (TPSA) is 46.2 Å². The average Bonchev–Trinajstić information content (AvgIpc) is 2.00. The molecule has 1 rings (SSSR count). The van der Waals surface area contributed by atoms with Gasteiger partial charge >= 0.3 is 36.7 Å². The minimum absolute atomic E-state index is 1.20. The van der Waals surface area contributed by atoms with E-state index in [2.05, 4.69) is 0 Å². The van der Waals surface area contributed by atoms with Gasteiger partial charge in [0.05, 0.1) is 0 Å². The van der Waals surface area contributed by atoms with Gasteiger partial charge in [0, 0.05) is 13.7 Å². The Morgan fingerprint density at radius 3 is 1.71 bits per heavy atom. The van der Waals surface area contributed by atoms with Gasteiger partial charge in [-0.05, 0) is 19.6 Å². The van der Waals surface area contributed by atoms with Gasteiger partial charge in [-0.3, -0.25) is 0 Å². The lowest BCUT2D eigenvalue weighted by molar-refractivity contribution is 0.174. The molecule has 0 atom stereocenters. The molecule has 0 bridgehead atoms. The highest BCUT2D eigenvalue weighted by Crippen LogP contribution is 2.16. The number of hydrogen-bond acceptors (Lipinski definition) is 5. The standard InChI is InChI=1S/C5H15O5Si4/c1-6-14(5)9-12(3)7-11(2)8-13(4)10-14/h1-5H3. The van der Waals surface area contributed by atoms with Crippen LogP contribution in [0.4, 0.5) is 0 Å². The fraction of sp³-hybridized carbons (Fsp3) is 1.00. The van der Waals surface area contributed by atoms with Crippen molar-refractivity contribution in [1.29, 1.82) is 0 Å². The van der Waals surface area contributed by atoms with Crippen LogP contribution in [0.25, 0.3) is 0 Å². The second-order valence-electron chi connectivity index (χ2n) is 2.95. The van der Waals surface area contributed by atoms with Gasteiger partial charge < -0.3 is 20.9 Å². The van der Waals surface area contributed by atoms with Crippen LogP contribution in [0, 0.1) is 0 Å². The average molecular weight is 268 g/mol. The molecule has 0 aromatic rings.